The lowest BCUT2D eigenvalue weighted by molar-refractivity contribution is 0.296. The van der Waals surface area contributed by atoms with Gasteiger partial charge in [0.2, 0.25) is 0 Å². The monoisotopic (exact) mass is 222 g/mol. The third-order valence-corrected chi connectivity index (χ3v) is 4.67. The second-order valence-electron chi connectivity index (χ2n) is 1.50. The SMILES string of the molecule is CCOS(OCC)=P(O)(O)Cl. The zero-order valence-electron chi connectivity index (χ0n) is 6.36. The Kier molecular flexibility index (Phi) is 6.00. The quantitative estimate of drug-likeness (QED) is 0.706. The van der Waals surface area contributed by atoms with Gasteiger partial charge in [0, 0.05) is 0 Å². The summed E-state index contributed by atoms with van der Waals surface area (Å²) in [6, 6.07) is 0. The van der Waals surface area contributed by atoms with Crippen LogP contribution in [0.4, 0.5) is 0 Å². The summed E-state index contributed by atoms with van der Waals surface area (Å²) in [5.41, 5.74) is 0. The van der Waals surface area contributed by atoms with Crippen molar-refractivity contribution >= 4 is 27.7 Å². The fraction of sp³-hybridized carbons (Fsp3) is 1.00. The summed E-state index contributed by atoms with van der Waals surface area (Å²) in [6.45, 7) is 4.15. The largest absolute Gasteiger partial charge is 0.335 e. The summed E-state index contributed by atoms with van der Waals surface area (Å²) < 4.78 is 9.74. The van der Waals surface area contributed by atoms with E-state index in [-0.39, 0.29) is 0 Å². The van der Waals surface area contributed by atoms with Crippen LogP contribution in [0.5, 0.6) is 0 Å². The van der Waals surface area contributed by atoms with Gasteiger partial charge in [-0.05, 0) is 25.1 Å². The van der Waals surface area contributed by atoms with Gasteiger partial charge in [0.1, 0.15) is 10.6 Å². The van der Waals surface area contributed by atoms with Crippen molar-refractivity contribution in [3.05, 3.63) is 0 Å². The molecule has 0 saturated carbocycles. The van der Waals surface area contributed by atoms with Gasteiger partial charge in [-0.3, -0.25) is 8.37 Å². The van der Waals surface area contributed by atoms with E-state index in [4.69, 9.17) is 29.4 Å². The first kappa shape index (κ1) is 11.9. The van der Waals surface area contributed by atoms with Crippen LogP contribution in [-0.2, 0) is 19.0 Å². The second kappa shape index (κ2) is 5.54. The average Bonchev–Trinajstić information content (AvgIpc) is 1.85. The molecule has 0 bridgehead atoms. The second-order valence-corrected chi connectivity index (χ2v) is 7.79. The molecule has 0 aromatic carbocycles. The summed E-state index contributed by atoms with van der Waals surface area (Å²) in [7, 11) is -1.35. The summed E-state index contributed by atoms with van der Waals surface area (Å²) in [5, 5.41) is 0. The van der Waals surface area contributed by atoms with E-state index in [1.165, 1.54) is 0 Å². The van der Waals surface area contributed by atoms with Gasteiger partial charge < -0.3 is 9.79 Å². The molecule has 0 aliphatic carbocycles. The molecule has 0 aliphatic heterocycles. The van der Waals surface area contributed by atoms with Crippen LogP contribution >= 0.6 is 17.1 Å². The van der Waals surface area contributed by atoms with E-state index in [9.17, 15) is 0 Å². The fourth-order valence-electron chi connectivity index (χ4n) is 0.370. The molecule has 0 heterocycles. The zero-order chi connectivity index (χ0) is 8.91. The van der Waals surface area contributed by atoms with E-state index in [2.05, 4.69) is 0 Å². The summed E-state index contributed by atoms with van der Waals surface area (Å²) >= 11 is 5.24. The minimum atomic E-state index is -3.50. The van der Waals surface area contributed by atoms with E-state index < -0.39 is 16.5 Å². The maximum atomic E-state index is 8.93. The molecule has 0 amide bonds. The summed E-state index contributed by atoms with van der Waals surface area (Å²) in [5.74, 6) is -3.50. The Morgan fingerprint density at radius 1 is 1.27 bits per heavy atom. The van der Waals surface area contributed by atoms with E-state index in [0.717, 1.165) is 0 Å². The molecule has 70 valence electrons. The van der Waals surface area contributed by atoms with Crippen LogP contribution in [0.25, 0.3) is 0 Å². The Balaban J connectivity index is 4.32. The Hall–Kier alpha value is 0.910. The molecule has 0 aliphatic rings. The van der Waals surface area contributed by atoms with Crippen molar-refractivity contribution in [1.82, 2.24) is 0 Å². The molecule has 0 unspecified atom stereocenters. The molecule has 11 heavy (non-hydrogen) atoms. The number of halogens is 1. The highest BCUT2D eigenvalue weighted by Gasteiger charge is 2.13. The van der Waals surface area contributed by atoms with Crippen LogP contribution in [0, 0.1) is 0 Å². The van der Waals surface area contributed by atoms with Gasteiger partial charge in [-0.2, -0.15) is 0 Å². The Morgan fingerprint density at radius 3 is 1.82 bits per heavy atom. The maximum absolute atomic E-state index is 8.93. The van der Waals surface area contributed by atoms with Gasteiger partial charge in [0.25, 0.3) is 5.84 Å². The minimum absolute atomic E-state index is 0.346. The van der Waals surface area contributed by atoms with Crippen LogP contribution < -0.4 is 0 Å². The van der Waals surface area contributed by atoms with Crippen molar-refractivity contribution in [1.29, 1.82) is 0 Å². The first-order valence-electron chi connectivity index (χ1n) is 3.08. The van der Waals surface area contributed by atoms with Crippen molar-refractivity contribution in [3.8, 4) is 0 Å². The molecule has 0 fully saturated rings. The van der Waals surface area contributed by atoms with Crippen LogP contribution in [0.2, 0.25) is 0 Å². The lowest BCUT2D eigenvalue weighted by Gasteiger charge is -2.11. The molecule has 0 rings (SSSR count). The highest BCUT2D eigenvalue weighted by Crippen LogP contribution is 2.48. The lowest BCUT2D eigenvalue weighted by atomic mass is 10.9. The van der Waals surface area contributed by atoms with Crippen LogP contribution in [-0.4, -0.2) is 23.0 Å². The highest BCUT2D eigenvalue weighted by molar-refractivity contribution is 8.33. The highest BCUT2D eigenvalue weighted by atomic mass is 35.7. The van der Waals surface area contributed by atoms with Crippen LogP contribution in [0.3, 0.4) is 0 Å². The smallest absolute Gasteiger partial charge is 0.286 e. The van der Waals surface area contributed by atoms with E-state index in [1.807, 2.05) is 0 Å². The predicted molar refractivity (Wildman–Crippen MR) is 47.8 cm³/mol. The standard InChI is InChI=1S/C4H12ClO4PS/c1-3-8-11(9-4-2)10(5,6)7/h6-7H,3-4H2,1-2H3. The van der Waals surface area contributed by atoms with Gasteiger partial charge in [0.15, 0.2) is 0 Å². The molecule has 2 N–H and O–H groups in total. The maximum Gasteiger partial charge on any atom is 0.286 e. The molecule has 0 aromatic heterocycles. The van der Waals surface area contributed by atoms with Gasteiger partial charge in [-0.25, -0.2) is 0 Å². The van der Waals surface area contributed by atoms with E-state index in [0.29, 0.717) is 13.2 Å². The molecule has 0 atom stereocenters. The van der Waals surface area contributed by atoms with Crippen molar-refractivity contribution in [3.63, 3.8) is 0 Å². The Morgan fingerprint density at radius 2 is 1.64 bits per heavy atom. The third kappa shape index (κ3) is 5.20. The van der Waals surface area contributed by atoms with Crippen molar-refractivity contribution < 1.29 is 18.2 Å². The van der Waals surface area contributed by atoms with Crippen molar-refractivity contribution in [2.45, 2.75) is 13.8 Å². The average molecular weight is 223 g/mol. The van der Waals surface area contributed by atoms with E-state index >= 15 is 0 Å². The molecule has 0 saturated heterocycles. The number of hydrogen-bond acceptors (Lipinski definition) is 2. The number of hydrogen-bond donors (Lipinski definition) is 2. The fourth-order valence-corrected chi connectivity index (χ4v) is 3.26. The Labute approximate surface area is 73.4 Å². The lowest BCUT2D eigenvalue weighted by Crippen LogP contribution is -2.02. The van der Waals surface area contributed by atoms with Gasteiger partial charge >= 0.3 is 0 Å². The van der Waals surface area contributed by atoms with Crippen molar-refractivity contribution in [2.75, 3.05) is 13.2 Å². The molecular weight excluding hydrogens is 211 g/mol. The minimum Gasteiger partial charge on any atom is -0.335 e. The number of rotatable bonds is 4. The van der Waals surface area contributed by atoms with E-state index in [1.54, 1.807) is 13.8 Å². The normalized spacial score (nSPS) is 12.5. The van der Waals surface area contributed by atoms with Crippen LogP contribution in [0.1, 0.15) is 13.8 Å². The zero-order valence-corrected chi connectivity index (χ0v) is 8.83. The van der Waals surface area contributed by atoms with Crippen molar-refractivity contribution in [2.24, 2.45) is 0 Å². The molecule has 0 aromatic rings. The van der Waals surface area contributed by atoms with Gasteiger partial charge in [-0.1, -0.05) is 0 Å². The third-order valence-electron chi connectivity index (χ3n) is 0.627. The molecule has 4 nitrogen and oxygen atoms in total. The first-order valence-corrected chi connectivity index (χ1v) is 7.36. The topological polar surface area (TPSA) is 58.9 Å². The molecule has 0 spiro atoms. The first-order chi connectivity index (χ1) is 5.02. The van der Waals surface area contributed by atoms with Crippen LogP contribution in [0.15, 0.2) is 0 Å². The molecular formula is C4H12ClO4PS. The molecule has 0 radical (unpaired) electrons. The Bertz CT molecular complexity index is 151. The molecule has 7 heteroatoms. The predicted octanol–water partition coefficient (Wildman–Crippen LogP) is 1.41. The summed E-state index contributed by atoms with van der Waals surface area (Å²) in [6.07, 6.45) is 0. The van der Waals surface area contributed by atoms with Gasteiger partial charge in [0.05, 0.1) is 13.2 Å². The van der Waals surface area contributed by atoms with Gasteiger partial charge in [-0.15, -0.1) is 0 Å². The summed E-state index contributed by atoms with van der Waals surface area (Å²) in [4.78, 5) is 17.9.